The van der Waals surface area contributed by atoms with E-state index in [0.717, 1.165) is 18.4 Å². The van der Waals surface area contributed by atoms with Crippen molar-refractivity contribution < 1.29 is 14.4 Å². The SMILES string of the molecule is O=C(NNC(=S)NC(=O)C1CC1)C1CC(=O)N(Cc2ccccc2)C1. The predicted octanol–water partition coefficient (Wildman–Crippen LogP) is 0.467. The van der Waals surface area contributed by atoms with Crippen molar-refractivity contribution in [3.8, 4) is 0 Å². The molecule has 1 aliphatic heterocycles. The average Bonchev–Trinajstić information content (AvgIpc) is 3.39. The summed E-state index contributed by atoms with van der Waals surface area (Å²) in [5, 5.41) is 2.59. The number of hydrogen-bond acceptors (Lipinski definition) is 4. The first-order valence-corrected chi connectivity index (χ1v) is 8.66. The minimum absolute atomic E-state index is 0.0365. The Morgan fingerprint density at radius 1 is 1.08 bits per heavy atom. The highest BCUT2D eigenvalue weighted by molar-refractivity contribution is 7.80. The fourth-order valence-electron chi connectivity index (χ4n) is 2.72. The monoisotopic (exact) mass is 360 g/mol. The average molecular weight is 360 g/mol. The zero-order chi connectivity index (χ0) is 17.8. The van der Waals surface area contributed by atoms with Gasteiger partial charge in [-0.05, 0) is 30.6 Å². The molecule has 1 aliphatic carbocycles. The molecule has 1 aromatic carbocycles. The molecule has 1 atom stereocenters. The van der Waals surface area contributed by atoms with Crippen LogP contribution >= 0.6 is 12.2 Å². The van der Waals surface area contributed by atoms with E-state index < -0.39 is 5.92 Å². The van der Waals surface area contributed by atoms with Crippen molar-refractivity contribution in [2.45, 2.75) is 25.8 Å². The van der Waals surface area contributed by atoms with Gasteiger partial charge in [-0.2, -0.15) is 0 Å². The standard InChI is InChI=1S/C17H20N4O3S/c22-14-8-13(10-21(14)9-11-4-2-1-3-5-11)16(24)19-20-17(25)18-15(23)12-6-7-12/h1-5,12-13H,6-10H2,(H,19,24)(H2,18,20,23,25). The number of likely N-dealkylation sites (tertiary alicyclic amines) is 1. The number of thiocarbonyl (C=S) groups is 1. The fraction of sp³-hybridized carbons (Fsp3) is 0.412. The lowest BCUT2D eigenvalue weighted by molar-refractivity contribution is -0.129. The van der Waals surface area contributed by atoms with Gasteiger partial charge in [0.1, 0.15) is 0 Å². The van der Waals surface area contributed by atoms with Gasteiger partial charge in [0.2, 0.25) is 17.7 Å². The van der Waals surface area contributed by atoms with E-state index in [9.17, 15) is 14.4 Å². The summed E-state index contributed by atoms with van der Waals surface area (Å²) in [6.07, 6.45) is 1.92. The zero-order valence-electron chi connectivity index (χ0n) is 13.7. The van der Waals surface area contributed by atoms with Crippen LogP contribution in [0.1, 0.15) is 24.8 Å². The first-order chi connectivity index (χ1) is 12.0. The van der Waals surface area contributed by atoms with Gasteiger partial charge in [-0.1, -0.05) is 30.3 Å². The van der Waals surface area contributed by atoms with Crippen molar-refractivity contribution in [1.82, 2.24) is 21.1 Å². The molecule has 0 aromatic heterocycles. The summed E-state index contributed by atoms with van der Waals surface area (Å²) in [4.78, 5) is 37.5. The lowest BCUT2D eigenvalue weighted by Crippen LogP contribution is -2.50. The summed E-state index contributed by atoms with van der Waals surface area (Å²) in [5.74, 6) is -0.891. The molecule has 0 bridgehead atoms. The second-order valence-corrected chi connectivity index (χ2v) is 6.78. The number of carbonyl (C=O) groups excluding carboxylic acids is 3. The van der Waals surface area contributed by atoms with Crippen LogP contribution in [0.15, 0.2) is 30.3 Å². The third kappa shape index (κ3) is 4.76. The van der Waals surface area contributed by atoms with Crippen LogP contribution in [0, 0.1) is 11.8 Å². The molecule has 0 spiro atoms. The maximum Gasteiger partial charge on any atom is 0.243 e. The molecule has 25 heavy (non-hydrogen) atoms. The number of hydrazine groups is 1. The minimum Gasteiger partial charge on any atom is -0.338 e. The zero-order valence-corrected chi connectivity index (χ0v) is 14.5. The predicted molar refractivity (Wildman–Crippen MR) is 94.7 cm³/mol. The molecular formula is C17H20N4O3S. The van der Waals surface area contributed by atoms with E-state index >= 15 is 0 Å². The summed E-state index contributed by atoms with van der Waals surface area (Å²) in [6, 6.07) is 9.65. The van der Waals surface area contributed by atoms with Gasteiger partial charge in [0.15, 0.2) is 5.11 Å². The van der Waals surface area contributed by atoms with Crippen LogP contribution in [0.2, 0.25) is 0 Å². The smallest absolute Gasteiger partial charge is 0.243 e. The normalized spacial score (nSPS) is 19.4. The van der Waals surface area contributed by atoms with Crippen LogP contribution in [-0.2, 0) is 20.9 Å². The van der Waals surface area contributed by atoms with Crippen molar-refractivity contribution in [2.24, 2.45) is 11.8 Å². The maximum absolute atomic E-state index is 12.2. The Morgan fingerprint density at radius 3 is 2.48 bits per heavy atom. The molecule has 2 aliphatic rings. The van der Waals surface area contributed by atoms with Crippen molar-refractivity contribution in [1.29, 1.82) is 0 Å². The fourth-order valence-corrected chi connectivity index (χ4v) is 2.87. The molecule has 1 unspecified atom stereocenters. The highest BCUT2D eigenvalue weighted by Gasteiger charge is 2.34. The molecule has 3 rings (SSSR count). The molecule has 3 N–H and O–H groups in total. The van der Waals surface area contributed by atoms with E-state index in [-0.39, 0.29) is 35.2 Å². The highest BCUT2D eigenvalue weighted by Crippen LogP contribution is 2.28. The second kappa shape index (κ2) is 7.60. The first kappa shape index (κ1) is 17.3. The topological polar surface area (TPSA) is 90.5 Å². The van der Waals surface area contributed by atoms with Crippen molar-refractivity contribution in [3.05, 3.63) is 35.9 Å². The van der Waals surface area contributed by atoms with Crippen LogP contribution < -0.4 is 16.2 Å². The first-order valence-electron chi connectivity index (χ1n) is 8.25. The van der Waals surface area contributed by atoms with Crippen molar-refractivity contribution >= 4 is 35.1 Å². The Labute approximate surface area is 151 Å². The molecule has 132 valence electrons. The van der Waals surface area contributed by atoms with E-state index in [1.807, 2.05) is 30.3 Å². The lowest BCUT2D eigenvalue weighted by Gasteiger charge is -2.17. The Morgan fingerprint density at radius 2 is 1.80 bits per heavy atom. The third-order valence-corrected chi connectivity index (χ3v) is 4.49. The van der Waals surface area contributed by atoms with E-state index in [2.05, 4.69) is 16.2 Å². The Balaban J connectivity index is 1.44. The van der Waals surface area contributed by atoms with Crippen molar-refractivity contribution in [2.75, 3.05) is 6.54 Å². The molecule has 1 aromatic rings. The summed E-state index contributed by atoms with van der Waals surface area (Å²) in [5.41, 5.74) is 6.02. The molecule has 7 nitrogen and oxygen atoms in total. The van der Waals surface area contributed by atoms with Gasteiger partial charge in [0, 0.05) is 25.4 Å². The summed E-state index contributed by atoms with van der Waals surface area (Å²) in [7, 11) is 0. The van der Waals surface area contributed by atoms with Crippen molar-refractivity contribution in [3.63, 3.8) is 0 Å². The van der Waals surface area contributed by atoms with Crippen LogP contribution in [-0.4, -0.2) is 34.3 Å². The molecule has 1 heterocycles. The molecule has 3 amide bonds. The Kier molecular flexibility index (Phi) is 5.28. The lowest BCUT2D eigenvalue weighted by atomic mass is 10.1. The van der Waals surface area contributed by atoms with Crippen LogP contribution in [0.3, 0.4) is 0 Å². The second-order valence-electron chi connectivity index (χ2n) is 6.37. The number of nitrogens with one attached hydrogen (secondary N) is 3. The maximum atomic E-state index is 12.2. The Bertz CT molecular complexity index is 690. The minimum atomic E-state index is -0.439. The number of nitrogens with zero attached hydrogens (tertiary/aromatic N) is 1. The number of hydrogen-bond donors (Lipinski definition) is 3. The third-order valence-electron chi connectivity index (χ3n) is 4.29. The molecule has 8 heteroatoms. The molecule has 1 saturated carbocycles. The number of benzene rings is 1. The number of rotatable bonds is 4. The highest BCUT2D eigenvalue weighted by atomic mass is 32.1. The van der Waals surface area contributed by atoms with E-state index in [4.69, 9.17) is 12.2 Å². The summed E-state index contributed by atoms with van der Waals surface area (Å²) >= 11 is 4.97. The molecule has 1 saturated heterocycles. The van der Waals surface area contributed by atoms with Gasteiger partial charge in [0.05, 0.1) is 5.92 Å². The van der Waals surface area contributed by atoms with Crippen LogP contribution in [0.5, 0.6) is 0 Å². The summed E-state index contributed by atoms with van der Waals surface area (Å²) < 4.78 is 0. The van der Waals surface area contributed by atoms with Gasteiger partial charge < -0.3 is 10.2 Å². The van der Waals surface area contributed by atoms with Gasteiger partial charge in [-0.15, -0.1) is 0 Å². The van der Waals surface area contributed by atoms with E-state index in [1.165, 1.54) is 0 Å². The van der Waals surface area contributed by atoms with Gasteiger partial charge in [-0.3, -0.25) is 25.2 Å². The number of carbonyl (C=O) groups is 3. The van der Waals surface area contributed by atoms with E-state index in [1.54, 1.807) is 4.90 Å². The van der Waals surface area contributed by atoms with Gasteiger partial charge >= 0.3 is 0 Å². The summed E-state index contributed by atoms with van der Waals surface area (Å²) in [6.45, 7) is 0.856. The largest absolute Gasteiger partial charge is 0.338 e. The van der Waals surface area contributed by atoms with Crippen LogP contribution in [0.4, 0.5) is 0 Å². The van der Waals surface area contributed by atoms with Gasteiger partial charge in [-0.25, -0.2) is 0 Å². The molecular weight excluding hydrogens is 340 g/mol. The number of amides is 3. The Hall–Kier alpha value is -2.48. The molecule has 0 radical (unpaired) electrons. The van der Waals surface area contributed by atoms with Gasteiger partial charge in [0.25, 0.3) is 0 Å². The molecule has 2 fully saturated rings. The van der Waals surface area contributed by atoms with E-state index in [0.29, 0.717) is 13.1 Å². The van der Waals surface area contributed by atoms with Crippen LogP contribution in [0.25, 0.3) is 0 Å². The quantitative estimate of drug-likeness (QED) is 0.536.